The van der Waals surface area contributed by atoms with Crippen LogP contribution >= 0.6 is 0 Å². The molecule has 0 aliphatic rings. The predicted molar refractivity (Wildman–Crippen MR) is 76.4 cm³/mol. The van der Waals surface area contributed by atoms with Crippen LogP contribution in [0.3, 0.4) is 0 Å². The molecule has 7 nitrogen and oxygen atoms in total. The largest absolute Gasteiger partial charge is 0.483 e. The monoisotopic (exact) mass is 294 g/mol. The second-order valence-corrected chi connectivity index (χ2v) is 4.92. The van der Waals surface area contributed by atoms with Crippen LogP contribution in [0.4, 0.5) is 5.69 Å². The smallest absolute Gasteiger partial charge is 0.270 e. The SMILES string of the molecule is CC(C)CCNC(=O)COc1ccc([N+](=O)[O-])cc1C=O. The number of rotatable bonds is 8. The van der Waals surface area contributed by atoms with Crippen LogP contribution in [0.15, 0.2) is 18.2 Å². The van der Waals surface area contributed by atoms with Gasteiger partial charge in [0.1, 0.15) is 5.75 Å². The Hall–Kier alpha value is -2.44. The highest BCUT2D eigenvalue weighted by Gasteiger charge is 2.12. The van der Waals surface area contributed by atoms with Gasteiger partial charge in [-0.25, -0.2) is 0 Å². The number of amides is 1. The maximum absolute atomic E-state index is 11.5. The molecule has 0 aliphatic carbocycles. The second-order valence-electron chi connectivity index (χ2n) is 4.92. The number of nitro groups is 1. The number of non-ortho nitro benzene ring substituents is 1. The van der Waals surface area contributed by atoms with Crippen LogP contribution in [0.1, 0.15) is 30.6 Å². The number of benzene rings is 1. The molecule has 114 valence electrons. The van der Waals surface area contributed by atoms with Crippen molar-refractivity contribution in [2.45, 2.75) is 20.3 Å². The molecule has 0 unspecified atom stereocenters. The lowest BCUT2D eigenvalue weighted by atomic mass is 10.1. The van der Waals surface area contributed by atoms with Crippen LogP contribution in [0.25, 0.3) is 0 Å². The molecule has 0 bridgehead atoms. The molecule has 1 aromatic carbocycles. The number of hydrogen-bond donors (Lipinski definition) is 1. The van der Waals surface area contributed by atoms with Gasteiger partial charge in [-0.2, -0.15) is 0 Å². The van der Waals surface area contributed by atoms with Gasteiger partial charge in [0.05, 0.1) is 10.5 Å². The number of nitrogens with one attached hydrogen (secondary N) is 1. The van der Waals surface area contributed by atoms with Crippen molar-refractivity contribution in [2.75, 3.05) is 13.2 Å². The Morgan fingerprint density at radius 1 is 1.48 bits per heavy atom. The Labute approximate surface area is 122 Å². The van der Waals surface area contributed by atoms with Gasteiger partial charge >= 0.3 is 0 Å². The van der Waals surface area contributed by atoms with Crippen molar-refractivity contribution in [3.63, 3.8) is 0 Å². The van der Waals surface area contributed by atoms with Crippen molar-refractivity contribution < 1.29 is 19.2 Å². The van der Waals surface area contributed by atoms with E-state index in [1.165, 1.54) is 12.1 Å². The number of ether oxygens (including phenoxy) is 1. The van der Waals surface area contributed by atoms with Crippen LogP contribution in [-0.2, 0) is 4.79 Å². The average molecular weight is 294 g/mol. The molecule has 0 spiro atoms. The molecule has 0 aliphatic heterocycles. The molecular weight excluding hydrogens is 276 g/mol. The highest BCUT2D eigenvalue weighted by atomic mass is 16.6. The standard InChI is InChI=1S/C14H18N2O5/c1-10(2)5-6-15-14(18)9-21-13-4-3-12(16(19)20)7-11(13)8-17/h3-4,7-8,10H,5-6,9H2,1-2H3,(H,15,18). The van der Waals surface area contributed by atoms with E-state index in [0.717, 1.165) is 12.5 Å². The van der Waals surface area contributed by atoms with E-state index in [1.54, 1.807) is 0 Å². The molecule has 21 heavy (non-hydrogen) atoms. The zero-order valence-electron chi connectivity index (χ0n) is 12.0. The van der Waals surface area contributed by atoms with E-state index < -0.39 is 4.92 Å². The summed E-state index contributed by atoms with van der Waals surface area (Å²) in [5, 5.41) is 13.3. The normalized spacial score (nSPS) is 10.2. The number of hydrogen-bond acceptors (Lipinski definition) is 5. The van der Waals surface area contributed by atoms with E-state index in [-0.39, 0.29) is 29.5 Å². The number of aldehydes is 1. The number of nitrogens with zero attached hydrogens (tertiary/aromatic N) is 1. The van der Waals surface area contributed by atoms with E-state index >= 15 is 0 Å². The Bertz CT molecular complexity index is 528. The van der Waals surface area contributed by atoms with Crippen molar-refractivity contribution in [3.05, 3.63) is 33.9 Å². The van der Waals surface area contributed by atoms with E-state index in [4.69, 9.17) is 4.74 Å². The number of nitro benzene ring substituents is 1. The fraction of sp³-hybridized carbons (Fsp3) is 0.429. The van der Waals surface area contributed by atoms with Crippen LogP contribution in [0.5, 0.6) is 5.75 Å². The topological polar surface area (TPSA) is 98.5 Å². The Balaban J connectivity index is 2.57. The lowest BCUT2D eigenvalue weighted by Gasteiger charge is -2.09. The van der Waals surface area contributed by atoms with E-state index in [2.05, 4.69) is 19.2 Å². The molecular formula is C14H18N2O5. The fourth-order valence-corrected chi connectivity index (χ4v) is 1.57. The molecule has 1 rings (SSSR count). The molecule has 0 saturated carbocycles. The van der Waals surface area contributed by atoms with Gasteiger partial charge in [0.2, 0.25) is 0 Å². The van der Waals surface area contributed by atoms with Crippen molar-refractivity contribution in [3.8, 4) is 5.75 Å². The number of carbonyl (C=O) groups is 2. The third kappa shape index (κ3) is 5.60. The Morgan fingerprint density at radius 3 is 2.76 bits per heavy atom. The highest BCUT2D eigenvalue weighted by molar-refractivity contribution is 5.81. The molecule has 0 atom stereocenters. The lowest BCUT2D eigenvalue weighted by Crippen LogP contribution is -2.30. The molecule has 0 heterocycles. The molecule has 0 radical (unpaired) electrons. The molecule has 1 aromatic rings. The summed E-state index contributed by atoms with van der Waals surface area (Å²) >= 11 is 0. The zero-order valence-corrected chi connectivity index (χ0v) is 12.0. The maximum Gasteiger partial charge on any atom is 0.270 e. The molecule has 0 fully saturated rings. The summed E-state index contributed by atoms with van der Waals surface area (Å²) in [6, 6.07) is 3.64. The van der Waals surface area contributed by atoms with Gasteiger partial charge in [-0.05, 0) is 18.4 Å². The molecule has 7 heteroatoms. The second kappa shape index (κ2) is 7.98. The van der Waals surface area contributed by atoms with Crippen molar-refractivity contribution in [1.82, 2.24) is 5.32 Å². The lowest BCUT2D eigenvalue weighted by molar-refractivity contribution is -0.384. The first kappa shape index (κ1) is 16.6. The van der Waals surface area contributed by atoms with Gasteiger partial charge in [-0.3, -0.25) is 19.7 Å². The minimum absolute atomic E-state index is 0.0409. The van der Waals surface area contributed by atoms with Crippen LogP contribution in [0.2, 0.25) is 0 Å². The third-order valence-corrected chi connectivity index (χ3v) is 2.73. The first-order valence-electron chi connectivity index (χ1n) is 6.57. The van der Waals surface area contributed by atoms with E-state index in [0.29, 0.717) is 18.7 Å². The van der Waals surface area contributed by atoms with E-state index in [1.807, 2.05) is 0 Å². The summed E-state index contributed by atoms with van der Waals surface area (Å²) in [7, 11) is 0. The van der Waals surface area contributed by atoms with Gasteiger partial charge in [-0.15, -0.1) is 0 Å². The maximum atomic E-state index is 11.5. The summed E-state index contributed by atoms with van der Waals surface area (Å²) in [5.41, 5.74) is -0.162. The minimum Gasteiger partial charge on any atom is -0.483 e. The summed E-state index contributed by atoms with van der Waals surface area (Å²) < 4.78 is 5.22. The first-order valence-corrected chi connectivity index (χ1v) is 6.57. The van der Waals surface area contributed by atoms with Crippen molar-refractivity contribution in [2.24, 2.45) is 5.92 Å². The molecule has 1 amide bonds. The Kier molecular flexibility index (Phi) is 6.32. The van der Waals surface area contributed by atoms with Gasteiger partial charge in [-0.1, -0.05) is 13.8 Å². The van der Waals surface area contributed by atoms with Gasteiger partial charge in [0, 0.05) is 18.7 Å². The van der Waals surface area contributed by atoms with Crippen molar-refractivity contribution in [1.29, 1.82) is 0 Å². The summed E-state index contributed by atoms with van der Waals surface area (Å²) in [6.07, 6.45) is 1.32. The average Bonchev–Trinajstić information content (AvgIpc) is 2.44. The molecule has 0 saturated heterocycles. The fourth-order valence-electron chi connectivity index (χ4n) is 1.57. The van der Waals surface area contributed by atoms with Crippen molar-refractivity contribution >= 4 is 17.9 Å². The summed E-state index contributed by atoms with van der Waals surface area (Å²) in [4.78, 5) is 32.4. The Morgan fingerprint density at radius 2 is 2.19 bits per heavy atom. The highest BCUT2D eigenvalue weighted by Crippen LogP contribution is 2.22. The van der Waals surface area contributed by atoms with E-state index in [9.17, 15) is 19.7 Å². The van der Waals surface area contributed by atoms with Gasteiger partial charge < -0.3 is 10.1 Å². The molecule has 1 N–H and O–H groups in total. The van der Waals surface area contributed by atoms with Gasteiger partial charge in [0.25, 0.3) is 11.6 Å². The predicted octanol–water partition coefficient (Wildman–Crippen LogP) is 1.95. The quantitative estimate of drug-likeness (QED) is 0.449. The zero-order chi connectivity index (χ0) is 15.8. The molecule has 0 aromatic heterocycles. The van der Waals surface area contributed by atoms with Crippen LogP contribution in [-0.4, -0.2) is 30.3 Å². The van der Waals surface area contributed by atoms with Gasteiger partial charge in [0.15, 0.2) is 12.9 Å². The summed E-state index contributed by atoms with van der Waals surface area (Å²) in [6.45, 7) is 4.42. The minimum atomic E-state index is -0.602. The third-order valence-electron chi connectivity index (χ3n) is 2.73. The number of carbonyl (C=O) groups excluding carboxylic acids is 2. The summed E-state index contributed by atoms with van der Waals surface area (Å²) in [5.74, 6) is 0.336. The van der Waals surface area contributed by atoms with Crippen LogP contribution < -0.4 is 10.1 Å². The first-order chi connectivity index (χ1) is 9.93. The van der Waals surface area contributed by atoms with Crippen LogP contribution in [0, 0.1) is 16.0 Å².